The van der Waals surface area contributed by atoms with Crippen molar-refractivity contribution in [1.82, 2.24) is 20.0 Å². The summed E-state index contributed by atoms with van der Waals surface area (Å²) in [7, 11) is 1.39. The third-order valence-corrected chi connectivity index (χ3v) is 9.72. The number of amides is 2. The highest BCUT2D eigenvalue weighted by molar-refractivity contribution is 6.25. The van der Waals surface area contributed by atoms with E-state index in [1.165, 1.54) is 18.1 Å². The van der Waals surface area contributed by atoms with Gasteiger partial charge in [-0.2, -0.15) is 30.7 Å². The Hall–Kier alpha value is -5.20. The first-order chi connectivity index (χ1) is 25.8. The first-order valence-corrected chi connectivity index (χ1v) is 17.2. The topological polar surface area (TPSA) is 142 Å². The highest BCUT2D eigenvalue weighted by Gasteiger charge is 2.58. The lowest BCUT2D eigenvalue weighted by Crippen LogP contribution is -2.69. The fourth-order valence-corrected chi connectivity index (χ4v) is 6.80. The fraction of sp³-hybridized carbons (Fsp3) is 0.444. The Morgan fingerprint density at radius 1 is 0.927 bits per heavy atom. The third-order valence-electron chi connectivity index (χ3n) is 9.72. The number of carbonyl (C=O) groups excluding carboxylic acids is 3. The van der Waals surface area contributed by atoms with Crippen molar-refractivity contribution in [3.63, 3.8) is 0 Å². The summed E-state index contributed by atoms with van der Waals surface area (Å²) in [6, 6.07) is 4.44. The largest absolute Gasteiger partial charge is 0.490 e. The van der Waals surface area contributed by atoms with Crippen LogP contribution in [0.25, 0.3) is 11.3 Å². The fourth-order valence-electron chi connectivity index (χ4n) is 6.80. The Bertz CT molecular complexity index is 1950. The van der Waals surface area contributed by atoms with Crippen LogP contribution in [0.15, 0.2) is 42.7 Å². The van der Waals surface area contributed by atoms with Crippen molar-refractivity contribution in [1.29, 1.82) is 0 Å². The number of benzene rings is 2. The molecule has 11 nitrogen and oxygen atoms in total. The van der Waals surface area contributed by atoms with Crippen LogP contribution < -0.4 is 10.1 Å². The van der Waals surface area contributed by atoms with E-state index in [9.17, 15) is 45.5 Å². The van der Waals surface area contributed by atoms with Gasteiger partial charge in [0.25, 0.3) is 5.91 Å². The van der Waals surface area contributed by atoms with E-state index in [-0.39, 0.29) is 31.4 Å². The molecule has 0 bridgehead atoms. The first-order valence-electron chi connectivity index (χ1n) is 17.2. The predicted octanol–water partition coefficient (Wildman–Crippen LogP) is 7.20. The number of hydrogen-bond acceptors (Lipinski definition) is 8. The number of carboxylic acid groups (broad SMARTS) is 1. The quantitative estimate of drug-likeness (QED) is 0.105. The summed E-state index contributed by atoms with van der Waals surface area (Å²) in [5.74, 6) is -9.52. The van der Waals surface area contributed by atoms with Gasteiger partial charge < -0.3 is 15.2 Å². The van der Waals surface area contributed by atoms with Crippen LogP contribution in [0.1, 0.15) is 74.6 Å². The molecule has 1 saturated heterocycles. The standard InChI is InChI=1S/C36H35F8N5O6/c1-48-34(13-5-6-14-34)31(52)28(33(54)49(48)18-20-9-12-25(30(38)29(20)37)55-15-7-3-2-4-8-27(50)51)32(53)47-23-11-10-21(35(39,40)41)16-22(23)24-17-26(36(42,43)44)46-19-45-24/h9-12,16-17,19,28H,2-8,13-15,18H2,1H3,(H,47,53)(H,50,51). The van der Waals surface area contributed by atoms with Crippen molar-refractivity contribution in [2.24, 2.45) is 5.92 Å². The lowest BCUT2D eigenvalue weighted by molar-refractivity contribution is -0.186. The number of hydrazine groups is 1. The van der Waals surface area contributed by atoms with Crippen LogP contribution in [0, 0.1) is 17.6 Å². The maximum atomic E-state index is 15.5. The minimum absolute atomic E-state index is 0.0107. The number of unbranched alkanes of at least 4 members (excludes halogenated alkanes) is 3. The molecule has 1 saturated carbocycles. The number of halogens is 8. The minimum atomic E-state index is -5.00. The molecular formula is C36H35F8N5O6. The number of nitrogens with zero attached hydrogens (tertiary/aromatic N) is 4. The summed E-state index contributed by atoms with van der Waals surface area (Å²) < 4.78 is 117. The molecule has 0 radical (unpaired) electrons. The van der Waals surface area contributed by atoms with Gasteiger partial charge in [-0.1, -0.05) is 31.7 Å². The summed E-state index contributed by atoms with van der Waals surface area (Å²) in [6.07, 6.45) is -6.06. The Morgan fingerprint density at radius 2 is 1.62 bits per heavy atom. The second-order valence-corrected chi connectivity index (χ2v) is 13.2. The summed E-state index contributed by atoms with van der Waals surface area (Å²) in [5, 5.41) is 13.2. The highest BCUT2D eigenvalue weighted by atomic mass is 19.4. The molecule has 3 aromatic rings. The maximum absolute atomic E-state index is 15.5. The van der Waals surface area contributed by atoms with Gasteiger partial charge in [-0.3, -0.25) is 24.2 Å². The van der Waals surface area contributed by atoms with Crippen LogP contribution in [-0.2, 0) is 38.1 Å². The van der Waals surface area contributed by atoms with E-state index in [2.05, 4.69) is 15.3 Å². The zero-order chi connectivity index (χ0) is 40.3. The molecule has 2 amide bonds. The number of ketones is 1. The van der Waals surface area contributed by atoms with E-state index >= 15 is 8.78 Å². The van der Waals surface area contributed by atoms with E-state index in [1.54, 1.807) is 0 Å². The molecule has 1 aliphatic heterocycles. The van der Waals surface area contributed by atoms with Crippen molar-refractivity contribution in [3.8, 4) is 17.0 Å². The molecule has 1 unspecified atom stereocenters. The smallest absolute Gasteiger partial charge is 0.433 e. The number of aliphatic carboxylic acids is 1. The molecule has 1 aromatic heterocycles. The summed E-state index contributed by atoms with van der Waals surface area (Å²) in [6.45, 7) is -0.633. The first kappa shape index (κ1) is 41.0. The number of likely N-dealkylation sites (N-methyl/N-ethyl adjacent to an activating group) is 1. The van der Waals surface area contributed by atoms with Gasteiger partial charge in [0.2, 0.25) is 11.7 Å². The second-order valence-electron chi connectivity index (χ2n) is 13.2. The number of nitrogens with one attached hydrogen (secondary N) is 1. The van der Waals surface area contributed by atoms with E-state index < -0.39 is 99.5 Å². The van der Waals surface area contributed by atoms with Crippen LogP contribution >= 0.6 is 0 Å². The van der Waals surface area contributed by atoms with E-state index in [4.69, 9.17) is 9.84 Å². The van der Waals surface area contributed by atoms with Crippen molar-refractivity contribution >= 4 is 29.3 Å². The number of alkyl halides is 6. The average molecular weight is 786 g/mol. The molecule has 2 aliphatic rings. The van der Waals surface area contributed by atoms with Gasteiger partial charge in [0.1, 0.15) is 12.0 Å². The van der Waals surface area contributed by atoms with E-state index in [0.29, 0.717) is 63.1 Å². The molecule has 296 valence electrons. The Balaban J connectivity index is 1.41. The number of rotatable bonds is 13. The lowest BCUT2D eigenvalue weighted by Gasteiger charge is -2.49. The number of hydrogen-bond donors (Lipinski definition) is 2. The van der Waals surface area contributed by atoms with Crippen LogP contribution in [0.3, 0.4) is 0 Å². The van der Waals surface area contributed by atoms with Gasteiger partial charge in [-0.15, -0.1) is 0 Å². The summed E-state index contributed by atoms with van der Waals surface area (Å²) in [5.41, 5.74) is -6.34. The highest BCUT2D eigenvalue weighted by Crippen LogP contribution is 2.43. The molecule has 19 heteroatoms. The van der Waals surface area contributed by atoms with Crippen molar-refractivity contribution in [2.45, 2.75) is 82.2 Å². The second kappa shape index (κ2) is 16.3. The number of carboxylic acids is 1. The molecule has 2 fully saturated rings. The number of anilines is 1. The number of Topliss-reactive ketones (excluding diaryl/α,β-unsaturated/α-hetero) is 1. The SMILES string of the molecule is CN1N(Cc2ccc(OCCCCCCC(=O)O)c(F)c2F)C(=O)C(C(=O)Nc2ccc(C(F)(F)F)cc2-c2cc(C(F)(F)F)ncn2)C(=O)C12CCCC2. The van der Waals surface area contributed by atoms with Crippen LogP contribution in [0.2, 0.25) is 0 Å². The lowest BCUT2D eigenvalue weighted by atomic mass is 9.80. The maximum Gasteiger partial charge on any atom is 0.433 e. The van der Waals surface area contributed by atoms with Gasteiger partial charge in [0.05, 0.1) is 35.6 Å². The molecular weight excluding hydrogens is 750 g/mol. The Kier molecular flexibility index (Phi) is 12.1. The third kappa shape index (κ3) is 8.87. The van der Waals surface area contributed by atoms with Gasteiger partial charge in [0.15, 0.2) is 23.3 Å². The molecule has 2 aromatic carbocycles. The number of aromatic nitrogens is 2. The molecule has 1 atom stereocenters. The zero-order valence-corrected chi connectivity index (χ0v) is 29.2. The minimum Gasteiger partial charge on any atom is -0.490 e. The molecule has 1 aliphatic carbocycles. The van der Waals surface area contributed by atoms with Crippen LogP contribution in [0.4, 0.5) is 40.8 Å². The van der Waals surface area contributed by atoms with Crippen LogP contribution in [-0.4, -0.2) is 67.9 Å². The van der Waals surface area contributed by atoms with Crippen molar-refractivity contribution in [3.05, 3.63) is 71.2 Å². The summed E-state index contributed by atoms with van der Waals surface area (Å²) >= 11 is 0. The normalized spacial score (nSPS) is 17.5. The molecule has 2 heterocycles. The van der Waals surface area contributed by atoms with Crippen molar-refractivity contribution in [2.75, 3.05) is 19.0 Å². The monoisotopic (exact) mass is 785 g/mol. The average Bonchev–Trinajstić information content (AvgIpc) is 3.62. The number of carbonyl (C=O) groups is 4. The molecule has 2 N–H and O–H groups in total. The molecule has 1 spiro atoms. The van der Waals surface area contributed by atoms with Crippen LogP contribution in [0.5, 0.6) is 5.75 Å². The summed E-state index contributed by atoms with van der Waals surface area (Å²) in [4.78, 5) is 59.4. The Labute approximate surface area is 308 Å². The van der Waals surface area contributed by atoms with Gasteiger partial charge in [-0.05, 0) is 56.0 Å². The van der Waals surface area contributed by atoms with Gasteiger partial charge in [-0.25, -0.2) is 19.4 Å². The van der Waals surface area contributed by atoms with Gasteiger partial charge >= 0.3 is 18.3 Å². The molecule has 5 rings (SSSR count). The number of ether oxygens (including phenoxy) is 1. The Morgan fingerprint density at radius 3 is 2.27 bits per heavy atom. The van der Waals surface area contributed by atoms with Crippen molar-refractivity contribution < 1.29 is 64.1 Å². The molecule has 55 heavy (non-hydrogen) atoms. The van der Waals surface area contributed by atoms with E-state index in [0.717, 1.165) is 17.1 Å². The van der Waals surface area contributed by atoms with Gasteiger partial charge in [0, 0.05) is 24.6 Å². The zero-order valence-electron chi connectivity index (χ0n) is 29.2. The van der Waals surface area contributed by atoms with E-state index in [1.807, 2.05) is 0 Å². The predicted molar refractivity (Wildman–Crippen MR) is 177 cm³/mol.